The van der Waals surface area contributed by atoms with Gasteiger partial charge in [0.05, 0.1) is 12.2 Å². The summed E-state index contributed by atoms with van der Waals surface area (Å²) >= 11 is 0. The zero-order valence-electron chi connectivity index (χ0n) is 16.0. The van der Waals surface area contributed by atoms with Crippen LogP contribution in [0.5, 0.6) is 0 Å². The lowest BCUT2D eigenvalue weighted by Gasteiger charge is -2.46. The van der Waals surface area contributed by atoms with E-state index in [4.69, 9.17) is 0 Å². The van der Waals surface area contributed by atoms with Crippen molar-refractivity contribution in [2.24, 2.45) is 5.92 Å². The highest BCUT2D eigenvalue weighted by Gasteiger charge is 2.44. The quantitative estimate of drug-likeness (QED) is 0.804. The third-order valence-electron chi connectivity index (χ3n) is 5.65. The lowest BCUT2D eigenvalue weighted by molar-refractivity contribution is -0.135. The van der Waals surface area contributed by atoms with Crippen LogP contribution in [0.2, 0.25) is 0 Å². The minimum Gasteiger partial charge on any atom is -0.352 e. The number of carbonyl (C=O) groups is 2. The molecule has 0 saturated carbocycles. The number of fused-ring (bicyclic) bond motifs is 4. The lowest BCUT2D eigenvalue weighted by Crippen LogP contribution is -2.54. The first kappa shape index (κ1) is 18.4. The van der Waals surface area contributed by atoms with E-state index >= 15 is 0 Å². The Balaban J connectivity index is 1.57. The minimum atomic E-state index is -0.611. The van der Waals surface area contributed by atoms with E-state index in [-0.39, 0.29) is 29.2 Å². The van der Waals surface area contributed by atoms with Gasteiger partial charge in [-0.15, -0.1) is 5.10 Å². The summed E-state index contributed by atoms with van der Waals surface area (Å²) in [5.41, 5.74) is 1.48. The molecule has 28 heavy (non-hydrogen) atoms. The van der Waals surface area contributed by atoms with Gasteiger partial charge < -0.3 is 10.2 Å². The fourth-order valence-electron chi connectivity index (χ4n) is 4.43. The van der Waals surface area contributed by atoms with Gasteiger partial charge in [0.25, 0.3) is 5.56 Å². The van der Waals surface area contributed by atoms with Crippen molar-refractivity contribution in [3.05, 3.63) is 46.1 Å². The van der Waals surface area contributed by atoms with Crippen LogP contribution >= 0.6 is 0 Å². The summed E-state index contributed by atoms with van der Waals surface area (Å²) in [6, 6.07) is 4.50. The van der Waals surface area contributed by atoms with Crippen LogP contribution < -0.4 is 10.9 Å². The average Bonchev–Trinajstić information content (AvgIpc) is 3.07. The molecule has 2 aromatic heterocycles. The Kier molecular flexibility index (Phi) is 4.74. The number of piperidine rings is 1. The first-order chi connectivity index (χ1) is 13.4. The van der Waals surface area contributed by atoms with E-state index in [0.717, 1.165) is 17.8 Å². The zero-order valence-corrected chi connectivity index (χ0v) is 16.0. The molecule has 2 bridgehead atoms. The molecule has 2 aromatic rings. The summed E-state index contributed by atoms with van der Waals surface area (Å²) in [4.78, 5) is 39.4. The third-order valence-corrected chi connectivity index (χ3v) is 5.65. The molecular weight excluding hydrogens is 360 g/mol. The highest BCUT2D eigenvalue weighted by atomic mass is 16.2. The van der Waals surface area contributed by atoms with Crippen LogP contribution in [0.3, 0.4) is 0 Å². The number of likely N-dealkylation sites (tertiary alicyclic amines) is 1. The third kappa shape index (κ3) is 3.32. The molecule has 4 heterocycles. The molecule has 0 spiro atoms. The maximum atomic E-state index is 13.1. The Bertz CT molecular complexity index is 965. The van der Waals surface area contributed by atoms with Crippen molar-refractivity contribution in [3.8, 4) is 0 Å². The van der Waals surface area contributed by atoms with Gasteiger partial charge in [-0.05, 0) is 19.4 Å². The second-order valence-corrected chi connectivity index (χ2v) is 7.63. The molecule has 2 amide bonds. The smallest absolute Gasteiger partial charge is 0.251 e. The number of hydrogen-bond donors (Lipinski definition) is 1. The maximum Gasteiger partial charge on any atom is 0.251 e. The number of rotatable bonds is 4. The molecule has 0 aromatic carbocycles. The number of hydrogen-bond acceptors (Lipinski definition) is 5. The molecule has 2 aliphatic rings. The minimum absolute atomic E-state index is 0.00198. The number of pyridine rings is 1. The Morgan fingerprint density at radius 2 is 2.11 bits per heavy atom. The molecule has 0 aliphatic carbocycles. The summed E-state index contributed by atoms with van der Waals surface area (Å²) < 4.78 is 3.30. The van der Waals surface area contributed by atoms with Gasteiger partial charge in [0.2, 0.25) is 11.8 Å². The van der Waals surface area contributed by atoms with E-state index in [2.05, 4.69) is 15.6 Å². The highest BCUT2D eigenvalue weighted by molar-refractivity contribution is 5.81. The second-order valence-electron chi connectivity index (χ2n) is 7.63. The van der Waals surface area contributed by atoms with Crippen LogP contribution in [-0.2, 0) is 16.1 Å². The molecule has 148 valence electrons. The van der Waals surface area contributed by atoms with E-state index in [1.165, 1.54) is 6.07 Å². The molecule has 3 atom stereocenters. The van der Waals surface area contributed by atoms with E-state index in [1.54, 1.807) is 27.1 Å². The van der Waals surface area contributed by atoms with Crippen molar-refractivity contribution in [3.63, 3.8) is 0 Å². The molecular formula is C19H24N6O3. The molecule has 1 saturated heterocycles. The highest BCUT2D eigenvalue weighted by Crippen LogP contribution is 2.41. The fourth-order valence-corrected chi connectivity index (χ4v) is 4.43. The van der Waals surface area contributed by atoms with Crippen LogP contribution in [0.4, 0.5) is 0 Å². The Labute approximate surface area is 162 Å². The van der Waals surface area contributed by atoms with E-state index < -0.39 is 6.04 Å². The number of nitrogens with zero attached hydrogens (tertiary/aromatic N) is 5. The number of aromatic nitrogens is 4. The Morgan fingerprint density at radius 1 is 1.29 bits per heavy atom. The molecule has 1 N–H and O–H groups in total. The molecule has 0 unspecified atom stereocenters. The average molecular weight is 384 g/mol. The Hall–Kier alpha value is -2.97. The standard InChI is InChI=1S/C19H24N6O3/c1-12-9-24(22-21-12)7-6-20-19(28)18-15-8-14(10-23(11-15)13(2)26)16-4-3-5-17(27)25(16)18/h3-5,9,14-15,18H,6-8,10-11H2,1-2H3,(H,20,28)/t14-,15+,18-/m1/s1. The summed E-state index contributed by atoms with van der Waals surface area (Å²) in [7, 11) is 0. The Morgan fingerprint density at radius 3 is 2.82 bits per heavy atom. The van der Waals surface area contributed by atoms with Crippen molar-refractivity contribution >= 4 is 11.8 Å². The monoisotopic (exact) mass is 384 g/mol. The molecule has 1 fully saturated rings. The van der Waals surface area contributed by atoms with E-state index in [9.17, 15) is 14.4 Å². The molecule has 9 heteroatoms. The topological polar surface area (TPSA) is 102 Å². The predicted molar refractivity (Wildman–Crippen MR) is 101 cm³/mol. The van der Waals surface area contributed by atoms with Crippen molar-refractivity contribution in [2.45, 2.75) is 38.8 Å². The van der Waals surface area contributed by atoms with Gasteiger partial charge in [-0.3, -0.25) is 23.6 Å². The van der Waals surface area contributed by atoms with Gasteiger partial charge in [-0.2, -0.15) is 0 Å². The summed E-state index contributed by atoms with van der Waals surface area (Å²) in [6.45, 7) is 5.38. The predicted octanol–water partition coefficient (Wildman–Crippen LogP) is 0.0713. The van der Waals surface area contributed by atoms with Crippen molar-refractivity contribution in [2.75, 3.05) is 19.6 Å². The summed E-state index contributed by atoms with van der Waals surface area (Å²) in [6.07, 6.45) is 2.61. The second kappa shape index (κ2) is 7.21. The van der Waals surface area contributed by atoms with Gasteiger partial charge in [-0.1, -0.05) is 11.3 Å². The van der Waals surface area contributed by atoms with Crippen LogP contribution in [0.1, 0.15) is 36.7 Å². The van der Waals surface area contributed by atoms with E-state index in [1.807, 2.05) is 19.2 Å². The lowest BCUT2D eigenvalue weighted by atomic mass is 9.78. The fraction of sp³-hybridized carbons (Fsp3) is 0.526. The van der Waals surface area contributed by atoms with E-state index in [0.29, 0.717) is 26.2 Å². The molecule has 0 radical (unpaired) electrons. The zero-order chi connectivity index (χ0) is 19.8. The SMILES string of the molecule is CC(=O)N1C[C@H]2C[C@@H](C1)[C@H](C(=O)NCCn1cc(C)nn1)n1c2cccc1=O. The van der Waals surface area contributed by atoms with Crippen LogP contribution in [-0.4, -0.2) is 55.9 Å². The molecule has 9 nitrogen and oxygen atoms in total. The van der Waals surface area contributed by atoms with Crippen molar-refractivity contribution in [1.29, 1.82) is 0 Å². The van der Waals surface area contributed by atoms with Crippen molar-refractivity contribution in [1.82, 2.24) is 29.8 Å². The first-order valence-electron chi connectivity index (χ1n) is 9.55. The number of carbonyl (C=O) groups excluding carboxylic acids is 2. The number of amides is 2. The summed E-state index contributed by atoms with van der Waals surface area (Å²) in [5, 5.41) is 10.8. The van der Waals surface area contributed by atoms with Gasteiger partial charge in [0.15, 0.2) is 0 Å². The van der Waals surface area contributed by atoms with Crippen LogP contribution in [0, 0.1) is 12.8 Å². The van der Waals surface area contributed by atoms with Gasteiger partial charge >= 0.3 is 0 Å². The maximum absolute atomic E-state index is 13.1. The molecule has 4 rings (SSSR count). The number of nitrogens with one attached hydrogen (secondary N) is 1. The largest absolute Gasteiger partial charge is 0.352 e. The van der Waals surface area contributed by atoms with Gasteiger partial charge in [-0.25, -0.2) is 0 Å². The first-order valence-corrected chi connectivity index (χ1v) is 9.55. The van der Waals surface area contributed by atoms with Gasteiger partial charge in [0.1, 0.15) is 6.04 Å². The van der Waals surface area contributed by atoms with Crippen molar-refractivity contribution < 1.29 is 9.59 Å². The summed E-state index contributed by atoms with van der Waals surface area (Å²) in [5.74, 6) is -0.190. The number of aryl methyl sites for hydroxylation is 1. The van der Waals surface area contributed by atoms with Crippen LogP contribution in [0.15, 0.2) is 29.2 Å². The van der Waals surface area contributed by atoms with Crippen LogP contribution in [0.25, 0.3) is 0 Å². The van der Waals surface area contributed by atoms with Gasteiger partial charge in [0, 0.05) is 56.4 Å². The normalized spacial score (nSPS) is 23.2. The molecule has 2 aliphatic heterocycles.